The number of rotatable bonds is 6. The molecule has 4 nitrogen and oxygen atoms in total. The zero-order chi connectivity index (χ0) is 16.9. The molecule has 1 fully saturated rings. The summed E-state index contributed by atoms with van der Waals surface area (Å²) in [4.78, 5) is 16.6. The van der Waals surface area contributed by atoms with Gasteiger partial charge in [0.15, 0.2) is 0 Å². The van der Waals surface area contributed by atoms with E-state index in [9.17, 15) is 10.1 Å². The van der Waals surface area contributed by atoms with Crippen molar-refractivity contribution in [2.45, 2.75) is 30.2 Å². The van der Waals surface area contributed by atoms with E-state index in [1.165, 1.54) is 24.6 Å². The Hall–Kier alpha value is -1.84. The molecular formula is C18H16BrN3OS. The van der Waals surface area contributed by atoms with Crippen LogP contribution in [0.1, 0.15) is 36.4 Å². The first-order valence-corrected chi connectivity index (χ1v) is 9.53. The quantitative estimate of drug-likeness (QED) is 0.711. The van der Waals surface area contributed by atoms with Gasteiger partial charge in [-0.05, 0) is 49.2 Å². The van der Waals surface area contributed by atoms with Crippen molar-refractivity contribution in [3.63, 3.8) is 0 Å². The average Bonchev–Trinajstić information content (AvgIpc) is 3.42. The Morgan fingerprint density at radius 3 is 2.71 bits per heavy atom. The zero-order valence-corrected chi connectivity index (χ0v) is 15.4. The van der Waals surface area contributed by atoms with E-state index in [1.807, 2.05) is 36.4 Å². The monoisotopic (exact) mass is 401 g/mol. The highest BCUT2D eigenvalue weighted by Crippen LogP contribution is 2.39. The molecule has 1 N–H and O–H groups in total. The van der Waals surface area contributed by atoms with Crippen LogP contribution in [0.4, 0.5) is 5.69 Å². The molecule has 0 unspecified atom stereocenters. The van der Waals surface area contributed by atoms with Gasteiger partial charge in [-0.25, -0.2) is 4.98 Å². The third kappa shape index (κ3) is 4.59. The van der Waals surface area contributed by atoms with E-state index >= 15 is 0 Å². The molecule has 122 valence electrons. The minimum Gasteiger partial charge on any atom is -0.326 e. The number of pyridine rings is 1. The zero-order valence-electron chi connectivity index (χ0n) is 13.0. The largest absolute Gasteiger partial charge is 0.326 e. The van der Waals surface area contributed by atoms with Crippen LogP contribution in [0.2, 0.25) is 0 Å². The summed E-state index contributed by atoms with van der Waals surface area (Å²) in [6, 6.07) is 13.4. The molecule has 3 rings (SSSR count). The van der Waals surface area contributed by atoms with Crippen LogP contribution in [0.3, 0.4) is 0 Å². The first-order chi connectivity index (χ1) is 11.7. The molecule has 0 spiro atoms. The second-order valence-corrected chi connectivity index (χ2v) is 7.63. The first-order valence-electron chi connectivity index (χ1n) is 7.75. The van der Waals surface area contributed by atoms with Gasteiger partial charge in [-0.1, -0.05) is 15.9 Å². The maximum absolute atomic E-state index is 12.0. The molecule has 1 aromatic carbocycles. The van der Waals surface area contributed by atoms with Gasteiger partial charge in [0.1, 0.15) is 11.1 Å². The summed E-state index contributed by atoms with van der Waals surface area (Å²) >= 11 is 4.83. The molecule has 1 aromatic heterocycles. The predicted octanol–water partition coefficient (Wildman–Crippen LogP) is 4.71. The topological polar surface area (TPSA) is 65.8 Å². The number of carbonyl (C=O) groups excluding carboxylic acids is 1. The van der Waals surface area contributed by atoms with Gasteiger partial charge in [-0.3, -0.25) is 4.79 Å². The van der Waals surface area contributed by atoms with Crippen LogP contribution in [0.15, 0.2) is 45.9 Å². The summed E-state index contributed by atoms with van der Waals surface area (Å²) in [5.41, 5.74) is 2.42. The molecule has 0 saturated heterocycles. The smallest absolute Gasteiger partial charge is 0.225 e. The normalized spacial score (nSPS) is 13.3. The van der Waals surface area contributed by atoms with E-state index in [-0.39, 0.29) is 5.91 Å². The number of anilines is 1. The van der Waals surface area contributed by atoms with Crippen molar-refractivity contribution in [2.75, 3.05) is 11.1 Å². The third-order valence-electron chi connectivity index (χ3n) is 3.69. The number of carbonyl (C=O) groups is 1. The SMILES string of the molecule is N#Cc1ccc(C2CC2)nc1SCCC(=O)Nc1ccc(Br)cc1. The molecule has 6 heteroatoms. The molecular weight excluding hydrogens is 386 g/mol. The maximum Gasteiger partial charge on any atom is 0.225 e. The Morgan fingerprint density at radius 1 is 1.29 bits per heavy atom. The predicted molar refractivity (Wildman–Crippen MR) is 99.0 cm³/mol. The highest BCUT2D eigenvalue weighted by molar-refractivity contribution is 9.10. The van der Waals surface area contributed by atoms with E-state index in [1.54, 1.807) is 0 Å². The summed E-state index contributed by atoms with van der Waals surface area (Å²) in [5.74, 6) is 1.11. The van der Waals surface area contributed by atoms with Crippen LogP contribution in [-0.2, 0) is 4.79 Å². The molecule has 1 saturated carbocycles. The fourth-order valence-electron chi connectivity index (χ4n) is 2.25. The van der Waals surface area contributed by atoms with Crippen molar-refractivity contribution in [1.82, 2.24) is 4.98 Å². The number of amides is 1. The summed E-state index contributed by atoms with van der Waals surface area (Å²) in [6.45, 7) is 0. The number of thioether (sulfide) groups is 1. The number of nitrogens with one attached hydrogen (secondary N) is 1. The van der Waals surface area contributed by atoms with Crippen molar-refractivity contribution in [3.05, 3.63) is 52.1 Å². The van der Waals surface area contributed by atoms with Gasteiger partial charge >= 0.3 is 0 Å². The molecule has 0 bridgehead atoms. The number of benzene rings is 1. The number of nitriles is 1. The van der Waals surface area contributed by atoms with Gasteiger partial charge < -0.3 is 5.32 Å². The number of aromatic nitrogens is 1. The van der Waals surface area contributed by atoms with Gasteiger partial charge in [0.2, 0.25) is 5.91 Å². The number of hydrogen-bond acceptors (Lipinski definition) is 4. The third-order valence-corrected chi connectivity index (χ3v) is 5.22. The molecule has 1 heterocycles. The van der Waals surface area contributed by atoms with Gasteiger partial charge in [-0.15, -0.1) is 11.8 Å². The van der Waals surface area contributed by atoms with Crippen LogP contribution in [-0.4, -0.2) is 16.6 Å². The van der Waals surface area contributed by atoms with Crippen LogP contribution in [0.25, 0.3) is 0 Å². The van der Waals surface area contributed by atoms with Gasteiger partial charge in [0.05, 0.1) is 5.56 Å². The molecule has 24 heavy (non-hydrogen) atoms. The number of nitrogens with zero attached hydrogens (tertiary/aromatic N) is 2. The Labute approximate surface area is 153 Å². The summed E-state index contributed by atoms with van der Waals surface area (Å²) < 4.78 is 0.974. The lowest BCUT2D eigenvalue weighted by Gasteiger charge is -2.07. The molecule has 0 radical (unpaired) electrons. The van der Waals surface area contributed by atoms with Crippen LogP contribution < -0.4 is 5.32 Å². The Kier molecular flexibility index (Phi) is 5.54. The van der Waals surface area contributed by atoms with Gasteiger partial charge in [0.25, 0.3) is 0 Å². The fraction of sp³-hybridized carbons (Fsp3) is 0.278. The van der Waals surface area contributed by atoms with E-state index in [0.29, 0.717) is 23.7 Å². The lowest BCUT2D eigenvalue weighted by atomic mass is 10.2. The van der Waals surface area contributed by atoms with Crippen molar-refractivity contribution >= 4 is 39.3 Å². The molecule has 2 aromatic rings. The van der Waals surface area contributed by atoms with Gasteiger partial charge in [0, 0.05) is 33.9 Å². The summed E-state index contributed by atoms with van der Waals surface area (Å²) in [7, 11) is 0. The summed E-state index contributed by atoms with van der Waals surface area (Å²) in [6.07, 6.45) is 2.73. The summed E-state index contributed by atoms with van der Waals surface area (Å²) in [5, 5.41) is 12.8. The van der Waals surface area contributed by atoms with Gasteiger partial charge in [-0.2, -0.15) is 5.26 Å². The Balaban J connectivity index is 1.54. The fourth-order valence-corrected chi connectivity index (χ4v) is 3.44. The standard InChI is InChI=1S/C18H16BrN3OS/c19-14-4-6-15(7-5-14)21-17(23)9-10-24-18-13(11-20)3-8-16(22-18)12-1-2-12/h3-8,12H,1-2,9-10H2,(H,21,23). The van der Waals surface area contributed by atoms with E-state index < -0.39 is 0 Å². The van der Waals surface area contributed by atoms with E-state index in [0.717, 1.165) is 20.9 Å². The second kappa shape index (κ2) is 7.82. The van der Waals surface area contributed by atoms with E-state index in [2.05, 4.69) is 32.3 Å². The average molecular weight is 402 g/mol. The minimum atomic E-state index is -0.0401. The van der Waals surface area contributed by atoms with Crippen molar-refractivity contribution < 1.29 is 4.79 Å². The van der Waals surface area contributed by atoms with Crippen LogP contribution in [0.5, 0.6) is 0 Å². The van der Waals surface area contributed by atoms with E-state index in [4.69, 9.17) is 0 Å². The molecule has 0 atom stereocenters. The van der Waals surface area contributed by atoms with Crippen LogP contribution in [0, 0.1) is 11.3 Å². The number of halogens is 1. The highest BCUT2D eigenvalue weighted by atomic mass is 79.9. The Morgan fingerprint density at radius 2 is 2.04 bits per heavy atom. The van der Waals surface area contributed by atoms with Crippen molar-refractivity contribution in [1.29, 1.82) is 5.26 Å². The second-order valence-electron chi connectivity index (χ2n) is 5.63. The first kappa shape index (κ1) is 17.0. The van der Waals surface area contributed by atoms with Crippen molar-refractivity contribution in [2.24, 2.45) is 0 Å². The molecule has 1 amide bonds. The molecule has 1 aliphatic rings. The lowest BCUT2D eigenvalue weighted by Crippen LogP contribution is -2.12. The minimum absolute atomic E-state index is 0.0401. The molecule has 1 aliphatic carbocycles. The number of hydrogen-bond donors (Lipinski definition) is 1. The maximum atomic E-state index is 12.0. The Bertz CT molecular complexity index is 782. The highest BCUT2D eigenvalue weighted by Gasteiger charge is 2.25. The van der Waals surface area contributed by atoms with Crippen molar-refractivity contribution in [3.8, 4) is 6.07 Å². The lowest BCUT2D eigenvalue weighted by molar-refractivity contribution is -0.115. The van der Waals surface area contributed by atoms with Crippen LogP contribution >= 0.6 is 27.7 Å². The molecule has 0 aliphatic heterocycles.